The minimum absolute atomic E-state index is 0.0323. The summed E-state index contributed by atoms with van der Waals surface area (Å²) in [5, 5.41) is 15.6. The van der Waals surface area contributed by atoms with E-state index in [1.54, 1.807) is 4.68 Å². The quantitative estimate of drug-likeness (QED) is 0.822. The Bertz CT molecular complexity index is 710. The fourth-order valence-electron chi connectivity index (χ4n) is 2.52. The van der Waals surface area contributed by atoms with Crippen LogP contribution in [0, 0.1) is 19.8 Å². The Hall–Kier alpha value is -1.89. The average molecular weight is 331 g/mol. The van der Waals surface area contributed by atoms with Crippen molar-refractivity contribution in [3.05, 3.63) is 29.3 Å². The van der Waals surface area contributed by atoms with Crippen molar-refractivity contribution in [1.29, 1.82) is 0 Å². The van der Waals surface area contributed by atoms with E-state index in [1.165, 1.54) is 30.2 Å². The van der Waals surface area contributed by atoms with Crippen LogP contribution in [-0.4, -0.2) is 37.9 Å². The minimum Gasteiger partial charge on any atom is -0.353 e. The van der Waals surface area contributed by atoms with Gasteiger partial charge < -0.3 is 5.32 Å². The Morgan fingerprint density at radius 1 is 1.43 bits per heavy atom. The van der Waals surface area contributed by atoms with Gasteiger partial charge in [0.15, 0.2) is 0 Å². The number of tetrazole rings is 1. The third kappa shape index (κ3) is 3.72. The van der Waals surface area contributed by atoms with Gasteiger partial charge in [-0.2, -0.15) is 4.68 Å². The molecule has 0 radical (unpaired) electrons. The molecule has 7 heteroatoms. The van der Waals surface area contributed by atoms with E-state index < -0.39 is 0 Å². The highest BCUT2D eigenvalue weighted by molar-refractivity contribution is 7.99. The first-order valence-electron chi connectivity index (χ1n) is 7.83. The second kappa shape index (κ2) is 6.70. The topological polar surface area (TPSA) is 72.7 Å². The third-order valence-electron chi connectivity index (χ3n) is 4.30. The van der Waals surface area contributed by atoms with Crippen LogP contribution in [0.1, 0.15) is 30.9 Å². The number of benzene rings is 1. The molecule has 1 aliphatic carbocycles. The van der Waals surface area contributed by atoms with Crippen LogP contribution >= 0.6 is 11.8 Å². The molecule has 3 rings (SSSR count). The molecule has 2 aromatic rings. The van der Waals surface area contributed by atoms with E-state index in [9.17, 15) is 4.79 Å². The Labute approximate surface area is 140 Å². The van der Waals surface area contributed by atoms with Crippen LogP contribution in [0.4, 0.5) is 0 Å². The van der Waals surface area contributed by atoms with Crippen molar-refractivity contribution in [2.75, 3.05) is 5.75 Å². The molecule has 1 N–H and O–H groups in total. The minimum atomic E-state index is 0.0323. The first-order valence-corrected chi connectivity index (χ1v) is 8.82. The summed E-state index contributed by atoms with van der Waals surface area (Å²) in [4.78, 5) is 12.0. The molecule has 0 spiro atoms. The van der Waals surface area contributed by atoms with Gasteiger partial charge in [-0.25, -0.2) is 0 Å². The maximum Gasteiger partial charge on any atom is 0.230 e. The largest absolute Gasteiger partial charge is 0.353 e. The van der Waals surface area contributed by atoms with Crippen LogP contribution in [0.25, 0.3) is 5.69 Å². The van der Waals surface area contributed by atoms with Gasteiger partial charge in [0.1, 0.15) is 0 Å². The standard InChI is InChI=1S/C16H21N5OS/c1-10-5-4-6-14(11(10)2)21-16(18-19-20-21)23-9-15(22)17-12(3)13-7-8-13/h4-6,12-13H,7-9H2,1-3H3,(H,17,22)/t12-/m0/s1. The van der Waals surface area contributed by atoms with Crippen LogP contribution in [-0.2, 0) is 4.79 Å². The van der Waals surface area contributed by atoms with Gasteiger partial charge in [0.25, 0.3) is 0 Å². The molecule has 122 valence electrons. The summed E-state index contributed by atoms with van der Waals surface area (Å²) in [7, 11) is 0. The molecular weight excluding hydrogens is 310 g/mol. The summed E-state index contributed by atoms with van der Waals surface area (Å²) >= 11 is 1.36. The molecule has 23 heavy (non-hydrogen) atoms. The van der Waals surface area contributed by atoms with Gasteiger partial charge >= 0.3 is 0 Å². The van der Waals surface area contributed by atoms with Gasteiger partial charge in [-0.15, -0.1) is 5.10 Å². The Morgan fingerprint density at radius 2 is 2.22 bits per heavy atom. The number of amides is 1. The molecule has 0 aliphatic heterocycles. The van der Waals surface area contributed by atoms with Crippen LogP contribution in [0.15, 0.2) is 23.4 Å². The van der Waals surface area contributed by atoms with Crippen molar-refractivity contribution in [2.45, 2.75) is 44.8 Å². The van der Waals surface area contributed by atoms with Gasteiger partial charge in [-0.1, -0.05) is 23.9 Å². The molecule has 1 saturated carbocycles. The first kappa shape index (κ1) is 16.0. The second-order valence-corrected chi connectivity index (χ2v) is 7.02. The number of hydrogen-bond donors (Lipinski definition) is 1. The van der Waals surface area contributed by atoms with E-state index in [-0.39, 0.29) is 11.9 Å². The van der Waals surface area contributed by atoms with Crippen molar-refractivity contribution in [3.8, 4) is 5.69 Å². The molecule has 1 heterocycles. The normalized spacial score (nSPS) is 15.4. The fourth-order valence-corrected chi connectivity index (χ4v) is 3.22. The first-order chi connectivity index (χ1) is 11.1. The molecule has 1 atom stereocenters. The molecule has 1 aromatic heterocycles. The predicted octanol–water partition coefficient (Wildman–Crippen LogP) is 2.29. The summed E-state index contributed by atoms with van der Waals surface area (Å²) in [6, 6.07) is 6.29. The summed E-state index contributed by atoms with van der Waals surface area (Å²) < 4.78 is 1.70. The van der Waals surface area contributed by atoms with E-state index in [0.29, 0.717) is 16.8 Å². The monoisotopic (exact) mass is 331 g/mol. The number of aryl methyl sites for hydroxylation is 1. The molecule has 1 aromatic carbocycles. The van der Waals surface area contributed by atoms with Crippen LogP contribution in [0.2, 0.25) is 0 Å². The molecule has 0 unspecified atom stereocenters. The number of nitrogens with zero attached hydrogens (tertiary/aromatic N) is 4. The van der Waals surface area contributed by atoms with E-state index >= 15 is 0 Å². The lowest BCUT2D eigenvalue weighted by Crippen LogP contribution is -2.35. The van der Waals surface area contributed by atoms with Crippen LogP contribution in [0.5, 0.6) is 0 Å². The molecular formula is C16H21N5OS. The van der Waals surface area contributed by atoms with Crippen molar-refractivity contribution in [1.82, 2.24) is 25.5 Å². The smallest absolute Gasteiger partial charge is 0.230 e. The maximum absolute atomic E-state index is 12.0. The molecule has 1 fully saturated rings. The zero-order valence-corrected chi connectivity index (χ0v) is 14.4. The van der Waals surface area contributed by atoms with Crippen molar-refractivity contribution in [3.63, 3.8) is 0 Å². The highest BCUT2D eigenvalue weighted by Crippen LogP contribution is 2.32. The second-order valence-electron chi connectivity index (χ2n) is 6.07. The zero-order valence-electron chi connectivity index (χ0n) is 13.6. The van der Waals surface area contributed by atoms with Crippen LogP contribution < -0.4 is 5.32 Å². The van der Waals surface area contributed by atoms with Crippen molar-refractivity contribution >= 4 is 17.7 Å². The van der Waals surface area contributed by atoms with Gasteiger partial charge in [0, 0.05) is 6.04 Å². The molecule has 0 bridgehead atoms. The SMILES string of the molecule is Cc1cccc(-n2nnnc2SCC(=O)N[C@@H](C)C2CC2)c1C. The number of aromatic nitrogens is 4. The van der Waals surface area contributed by atoms with E-state index in [4.69, 9.17) is 0 Å². The molecule has 6 nitrogen and oxygen atoms in total. The van der Waals surface area contributed by atoms with Gasteiger partial charge in [-0.3, -0.25) is 4.79 Å². The molecule has 1 amide bonds. The number of carbonyl (C=O) groups excluding carboxylic acids is 1. The maximum atomic E-state index is 12.0. The average Bonchev–Trinajstić information content (AvgIpc) is 3.27. The number of hydrogen-bond acceptors (Lipinski definition) is 5. The number of carbonyl (C=O) groups is 1. The lowest BCUT2D eigenvalue weighted by molar-refractivity contribution is -0.119. The van der Waals surface area contributed by atoms with Crippen molar-refractivity contribution in [2.24, 2.45) is 5.92 Å². The van der Waals surface area contributed by atoms with Gasteiger partial charge in [-0.05, 0) is 67.2 Å². The lowest BCUT2D eigenvalue weighted by atomic mass is 10.1. The third-order valence-corrected chi connectivity index (χ3v) is 5.21. The van der Waals surface area contributed by atoms with Gasteiger partial charge in [0.2, 0.25) is 11.1 Å². The zero-order chi connectivity index (χ0) is 16.4. The Morgan fingerprint density at radius 3 is 2.96 bits per heavy atom. The number of nitrogens with one attached hydrogen (secondary N) is 1. The summed E-state index contributed by atoms with van der Waals surface area (Å²) in [5.74, 6) is 1.01. The van der Waals surface area contributed by atoms with E-state index in [1.807, 2.05) is 19.1 Å². The predicted molar refractivity (Wildman–Crippen MR) is 89.7 cm³/mol. The number of rotatable bonds is 6. The molecule has 0 saturated heterocycles. The van der Waals surface area contributed by atoms with E-state index in [0.717, 1.165) is 11.3 Å². The van der Waals surface area contributed by atoms with Crippen molar-refractivity contribution < 1.29 is 4.79 Å². The lowest BCUT2D eigenvalue weighted by Gasteiger charge is -2.12. The fraction of sp³-hybridized carbons (Fsp3) is 0.500. The Kier molecular flexibility index (Phi) is 4.66. The van der Waals surface area contributed by atoms with Crippen LogP contribution in [0.3, 0.4) is 0 Å². The summed E-state index contributed by atoms with van der Waals surface area (Å²) in [5.41, 5.74) is 3.27. The summed E-state index contributed by atoms with van der Waals surface area (Å²) in [6.45, 7) is 6.17. The Balaban J connectivity index is 1.66. The van der Waals surface area contributed by atoms with Gasteiger partial charge in [0.05, 0.1) is 11.4 Å². The number of thioether (sulfide) groups is 1. The highest BCUT2D eigenvalue weighted by Gasteiger charge is 2.28. The van der Waals surface area contributed by atoms with E-state index in [2.05, 4.69) is 40.8 Å². The summed E-state index contributed by atoms with van der Waals surface area (Å²) in [6.07, 6.45) is 2.44. The highest BCUT2D eigenvalue weighted by atomic mass is 32.2. The molecule has 1 aliphatic rings.